The Morgan fingerprint density at radius 2 is 1.75 bits per heavy atom. The topological polar surface area (TPSA) is 35.2 Å². The molecule has 0 aliphatic carbocycles. The summed E-state index contributed by atoms with van der Waals surface area (Å²) in [5.74, 6) is 0.917. The lowest BCUT2D eigenvalue weighted by Gasteiger charge is -2.14. The van der Waals surface area contributed by atoms with E-state index in [1.54, 1.807) is 0 Å². The highest BCUT2D eigenvalue weighted by atomic mass is 79.9. The van der Waals surface area contributed by atoms with E-state index < -0.39 is 0 Å². The van der Waals surface area contributed by atoms with Crippen molar-refractivity contribution in [2.45, 2.75) is 64.8 Å². The lowest BCUT2D eigenvalue weighted by Crippen LogP contribution is -2.08. The van der Waals surface area contributed by atoms with Gasteiger partial charge in [0.1, 0.15) is 5.75 Å². The first-order valence-electron chi connectivity index (χ1n) is 7.83. The number of unbranched alkanes of at least 4 members (excludes halogenated alkanes) is 6. The maximum atomic E-state index is 5.97. The number of rotatable bonds is 10. The summed E-state index contributed by atoms with van der Waals surface area (Å²) in [4.78, 5) is 0. The highest BCUT2D eigenvalue weighted by Gasteiger charge is 2.08. The van der Waals surface area contributed by atoms with Gasteiger partial charge in [-0.25, -0.2) is 0 Å². The lowest BCUT2D eigenvalue weighted by atomic mass is 10.1. The largest absolute Gasteiger partial charge is 0.493 e. The van der Waals surface area contributed by atoms with Crippen molar-refractivity contribution in [3.8, 4) is 5.75 Å². The number of benzene rings is 1. The Hall–Kier alpha value is -0.540. The molecular weight excluding hydrogens is 314 g/mol. The second-order valence-corrected chi connectivity index (χ2v) is 6.36. The summed E-state index contributed by atoms with van der Waals surface area (Å²) < 4.78 is 6.94. The van der Waals surface area contributed by atoms with Crippen LogP contribution in [-0.4, -0.2) is 6.61 Å². The number of nitrogens with two attached hydrogens (primary N) is 1. The standard InChI is InChI=1S/C17H28BrNO/c1-3-4-5-6-7-8-9-12-20-17-13-15(18)10-11-16(17)14(2)19/h10-11,13-14H,3-9,12,19H2,1-2H3. The van der Waals surface area contributed by atoms with Crippen LogP contribution in [0, 0.1) is 0 Å². The van der Waals surface area contributed by atoms with Crippen molar-refractivity contribution in [1.29, 1.82) is 0 Å². The van der Waals surface area contributed by atoms with Gasteiger partial charge in [0.05, 0.1) is 6.61 Å². The molecule has 0 radical (unpaired) electrons. The molecule has 0 bridgehead atoms. The average Bonchev–Trinajstić information content (AvgIpc) is 2.41. The molecular formula is C17H28BrNO. The van der Waals surface area contributed by atoms with Gasteiger partial charge in [0.2, 0.25) is 0 Å². The molecule has 0 spiro atoms. The predicted octanol–water partition coefficient (Wildman–Crippen LogP) is 5.60. The van der Waals surface area contributed by atoms with Gasteiger partial charge in [-0.1, -0.05) is 67.4 Å². The van der Waals surface area contributed by atoms with Crippen molar-refractivity contribution in [2.75, 3.05) is 6.61 Å². The molecule has 2 N–H and O–H groups in total. The second-order valence-electron chi connectivity index (χ2n) is 5.44. The fourth-order valence-electron chi connectivity index (χ4n) is 2.25. The molecule has 0 saturated heterocycles. The van der Waals surface area contributed by atoms with Crippen LogP contribution in [0.4, 0.5) is 0 Å². The van der Waals surface area contributed by atoms with Crippen LogP contribution < -0.4 is 10.5 Å². The van der Waals surface area contributed by atoms with Crippen molar-refractivity contribution < 1.29 is 4.74 Å². The Balaban J connectivity index is 2.26. The number of halogens is 1. The van der Waals surface area contributed by atoms with Crippen molar-refractivity contribution >= 4 is 15.9 Å². The monoisotopic (exact) mass is 341 g/mol. The summed E-state index contributed by atoms with van der Waals surface area (Å²) in [5, 5.41) is 0. The van der Waals surface area contributed by atoms with E-state index >= 15 is 0 Å². The molecule has 1 unspecified atom stereocenters. The third-order valence-corrected chi connectivity index (χ3v) is 3.96. The molecule has 1 aromatic rings. The summed E-state index contributed by atoms with van der Waals surface area (Å²) in [5.41, 5.74) is 7.05. The van der Waals surface area contributed by atoms with E-state index in [0.717, 1.165) is 28.8 Å². The first-order valence-corrected chi connectivity index (χ1v) is 8.62. The van der Waals surface area contributed by atoms with Crippen LogP contribution in [0.3, 0.4) is 0 Å². The molecule has 0 saturated carbocycles. The summed E-state index contributed by atoms with van der Waals surface area (Å²) in [6.45, 7) is 5.02. The van der Waals surface area contributed by atoms with Crippen molar-refractivity contribution in [3.05, 3.63) is 28.2 Å². The Kier molecular flexibility index (Phi) is 8.95. The molecule has 1 atom stereocenters. The van der Waals surface area contributed by atoms with Gasteiger partial charge in [-0.3, -0.25) is 0 Å². The number of ether oxygens (including phenoxy) is 1. The maximum absolute atomic E-state index is 5.97. The smallest absolute Gasteiger partial charge is 0.125 e. The third-order valence-electron chi connectivity index (χ3n) is 3.47. The predicted molar refractivity (Wildman–Crippen MR) is 90.2 cm³/mol. The third kappa shape index (κ3) is 6.76. The SMILES string of the molecule is CCCCCCCCCOc1cc(Br)ccc1C(C)N. The first kappa shape index (κ1) is 17.5. The van der Waals surface area contributed by atoms with Crippen molar-refractivity contribution in [3.63, 3.8) is 0 Å². The van der Waals surface area contributed by atoms with Crippen LogP contribution in [0.1, 0.15) is 70.4 Å². The molecule has 0 aliphatic rings. The number of hydrogen-bond donors (Lipinski definition) is 1. The Morgan fingerprint density at radius 3 is 2.40 bits per heavy atom. The van der Waals surface area contributed by atoms with Gasteiger partial charge in [-0.2, -0.15) is 0 Å². The van der Waals surface area contributed by atoms with E-state index in [1.807, 2.05) is 25.1 Å². The van der Waals surface area contributed by atoms with Crippen molar-refractivity contribution in [1.82, 2.24) is 0 Å². The Labute approximate surface area is 132 Å². The molecule has 0 amide bonds. The van der Waals surface area contributed by atoms with Gasteiger partial charge in [-0.15, -0.1) is 0 Å². The van der Waals surface area contributed by atoms with E-state index in [9.17, 15) is 0 Å². The molecule has 0 heterocycles. The molecule has 20 heavy (non-hydrogen) atoms. The van der Waals surface area contributed by atoms with Crippen molar-refractivity contribution in [2.24, 2.45) is 5.73 Å². The zero-order valence-electron chi connectivity index (χ0n) is 12.8. The molecule has 1 aromatic carbocycles. The van der Waals surface area contributed by atoms with E-state index in [-0.39, 0.29) is 6.04 Å². The van der Waals surface area contributed by atoms with Gasteiger partial charge in [-0.05, 0) is 25.5 Å². The summed E-state index contributed by atoms with van der Waals surface area (Å²) >= 11 is 3.48. The van der Waals surface area contributed by atoms with Gasteiger partial charge in [0, 0.05) is 16.1 Å². The van der Waals surface area contributed by atoms with E-state index in [2.05, 4.69) is 22.9 Å². The van der Waals surface area contributed by atoms with E-state index in [4.69, 9.17) is 10.5 Å². The maximum Gasteiger partial charge on any atom is 0.125 e. The molecule has 0 fully saturated rings. The minimum absolute atomic E-state index is 0.00661. The van der Waals surface area contributed by atoms with Gasteiger partial charge >= 0.3 is 0 Å². The van der Waals surface area contributed by atoms with E-state index in [1.165, 1.54) is 38.5 Å². The average molecular weight is 342 g/mol. The number of hydrogen-bond acceptors (Lipinski definition) is 2. The molecule has 0 aromatic heterocycles. The highest BCUT2D eigenvalue weighted by Crippen LogP contribution is 2.27. The fraction of sp³-hybridized carbons (Fsp3) is 0.647. The molecule has 0 aliphatic heterocycles. The van der Waals surface area contributed by atoms with Crippen LogP contribution in [0.2, 0.25) is 0 Å². The summed E-state index contributed by atoms with van der Waals surface area (Å²) in [6, 6.07) is 6.07. The van der Waals surface area contributed by atoms with Gasteiger partial charge in [0.25, 0.3) is 0 Å². The zero-order chi connectivity index (χ0) is 14.8. The minimum Gasteiger partial charge on any atom is -0.493 e. The second kappa shape index (κ2) is 10.2. The molecule has 2 nitrogen and oxygen atoms in total. The molecule has 1 rings (SSSR count). The highest BCUT2D eigenvalue weighted by molar-refractivity contribution is 9.10. The normalized spacial score (nSPS) is 12.4. The van der Waals surface area contributed by atoms with Gasteiger partial charge in [0.15, 0.2) is 0 Å². The van der Waals surface area contributed by atoms with E-state index in [0.29, 0.717) is 0 Å². The van der Waals surface area contributed by atoms with Gasteiger partial charge < -0.3 is 10.5 Å². The molecule has 3 heteroatoms. The van der Waals surface area contributed by atoms with Crippen LogP contribution in [0.15, 0.2) is 22.7 Å². The van der Waals surface area contributed by atoms with Crippen LogP contribution in [0.25, 0.3) is 0 Å². The van der Waals surface area contributed by atoms with Crippen LogP contribution in [0.5, 0.6) is 5.75 Å². The minimum atomic E-state index is 0.00661. The first-order chi connectivity index (χ1) is 9.65. The lowest BCUT2D eigenvalue weighted by molar-refractivity contribution is 0.300. The summed E-state index contributed by atoms with van der Waals surface area (Å²) in [6.07, 6.45) is 9.11. The zero-order valence-corrected chi connectivity index (χ0v) is 14.4. The van der Waals surface area contributed by atoms with Crippen LogP contribution >= 0.6 is 15.9 Å². The fourth-order valence-corrected chi connectivity index (χ4v) is 2.59. The van der Waals surface area contributed by atoms with Crippen LogP contribution in [-0.2, 0) is 0 Å². The Bertz CT molecular complexity index is 379. The quantitative estimate of drug-likeness (QED) is 0.562. The summed E-state index contributed by atoms with van der Waals surface area (Å²) in [7, 11) is 0. The molecule has 114 valence electrons. The Morgan fingerprint density at radius 1 is 1.10 bits per heavy atom.